The number of ketones is 1. The average molecular weight is 181 g/mol. The fourth-order valence-corrected chi connectivity index (χ4v) is 2.48. The predicted molar refractivity (Wildman–Crippen MR) is 48.1 cm³/mol. The average Bonchev–Trinajstić information content (AvgIpc) is 2.56. The molecule has 3 heteroatoms. The Hall–Kier alpha value is -0.860. The third-order valence-corrected chi connectivity index (χ3v) is 3.24. The molecule has 2 aliphatic rings. The summed E-state index contributed by atoms with van der Waals surface area (Å²) in [6.45, 7) is 0.586. The number of nitrogens with one attached hydrogen (secondary N) is 1. The quantitative estimate of drug-likeness (QED) is 0.610. The highest BCUT2D eigenvalue weighted by Crippen LogP contribution is 2.32. The molecule has 0 radical (unpaired) electrons. The van der Waals surface area contributed by atoms with Crippen LogP contribution in [0, 0.1) is 11.8 Å². The molecule has 1 saturated carbocycles. The minimum atomic E-state index is -0.0979. The smallest absolute Gasteiger partial charge is 0.227 e. The Labute approximate surface area is 77.9 Å². The Balaban J connectivity index is 1.98. The van der Waals surface area contributed by atoms with E-state index in [1.54, 1.807) is 0 Å². The lowest BCUT2D eigenvalue weighted by Crippen LogP contribution is -2.43. The molecule has 1 heterocycles. The van der Waals surface area contributed by atoms with E-state index in [0.29, 0.717) is 12.5 Å². The van der Waals surface area contributed by atoms with Crippen LogP contribution in [0.25, 0.3) is 0 Å². The molecule has 2 fully saturated rings. The van der Waals surface area contributed by atoms with E-state index >= 15 is 0 Å². The van der Waals surface area contributed by atoms with Crippen LogP contribution in [0.1, 0.15) is 32.1 Å². The number of rotatable bonds is 1. The third kappa shape index (κ3) is 1.74. The topological polar surface area (TPSA) is 46.2 Å². The first-order valence-corrected chi connectivity index (χ1v) is 5.07. The van der Waals surface area contributed by atoms with Crippen molar-refractivity contribution in [2.24, 2.45) is 11.8 Å². The van der Waals surface area contributed by atoms with E-state index in [4.69, 9.17) is 0 Å². The van der Waals surface area contributed by atoms with E-state index < -0.39 is 0 Å². The molecule has 72 valence electrons. The number of carbonyl (C=O) groups excluding carboxylic acids is 2. The maximum absolute atomic E-state index is 11.5. The van der Waals surface area contributed by atoms with Crippen LogP contribution < -0.4 is 5.32 Å². The Morgan fingerprint density at radius 1 is 1.15 bits per heavy atom. The summed E-state index contributed by atoms with van der Waals surface area (Å²) in [4.78, 5) is 22.4. The van der Waals surface area contributed by atoms with E-state index in [9.17, 15) is 9.59 Å². The fraction of sp³-hybridized carbons (Fsp3) is 0.800. The van der Waals surface area contributed by atoms with Gasteiger partial charge in [-0.1, -0.05) is 12.8 Å². The summed E-state index contributed by atoms with van der Waals surface area (Å²) < 4.78 is 0. The zero-order valence-electron chi connectivity index (χ0n) is 7.71. The van der Waals surface area contributed by atoms with Crippen LogP contribution in [-0.2, 0) is 9.59 Å². The summed E-state index contributed by atoms with van der Waals surface area (Å²) in [6.07, 6.45) is 4.96. The second-order valence-corrected chi connectivity index (χ2v) is 4.10. The molecular weight excluding hydrogens is 166 g/mol. The second-order valence-electron chi connectivity index (χ2n) is 4.10. The van der Waals surface area contributed by atoms with E-state index in [1.165, 1.54) is 25.7 Å². The van der Waals surface area contributed by atoms with Gasteiger partial charge in [0.05, 0.1) is 6.42 Å². The predicted octanol–water partition coefficient (Wildman–Crippen LogP) is 0.882. The fourth-order valence-electron chi connectivity index (χ4n) is 2.48. The van der Waals surface area contributed by atoms with Crippen molar-refractivity contribution >= 4 is 11.7 Å². The number of hydrogen-bond acceptors (Lipinski definition) is 2. The van der Waals surface area contributed by atoms with E-state index in [1.807, 2.05) is 0 Å². The molecular formula is C10H15NO2. The number of carbonyl (C=O) groups is 2. The highest BCUT2D eigenvalue weighted by Gasteiger charge is 2.34. The standard InChI is InChI=1S/C10H15NO2/c12-9-5-10(13)11-6-8(9)7-3-1-2-4-7/h7-8H,1-6H2,(H,11,13). The summed E-state index contributed by atoms with van der Waals surface area (Å²) in [7, 11) is 0. The largest absolute Gasteiger partial charge is 0.355 e. The molecule has 1 amide bonds. The zero-order valence-corrected chi connectivity index (χ0v) is 7.71. The SMILES string of the molecule is O=C1CC(=O)C(C2CCCC2)CN1. The number of piperidine rings is 1. The molecule has 1 saturated heterocycles. The molecule has 3 nitrogen and oxygen atoms in total. The highest BCUT2D eigenvalue weighted by molar-refractivity contribution is 6.01. The summed E-state index contributed by atoms with van der Waals surface area (Å²) >= 11 is 0. The van der Waals surface area contributed by atoms with Gasteiger partial charge in [-0.25, -0.2) is 0 Å². The van der Waals surface area contributed by atoms with Crippen LogP contribution in [0.5, 0.6) is 0 Å². The van der Waals surface area contributed by atoms with Gasteiger partial charge in [0.2, 0.25) is 5.91 Å². The molecule has 1 unspecified atom stereocenters. The molecule has 0 aromatic rings. The van der Waals surface area contributed by atoms with Crippen molar-refractivity contribution < 1.29 is 9.59 Å². The Morgan fingerprint density at radius 3 is 2.46 bits per heavy atom. The maximum Gasteiger partial charge on any atom is 0.227 e. The summed E-state index contributed by atoms with van der Waals surface area (Å²) in [5.74, 6) is 0.739. The molecule has 1 N–H and O–H groups in total. The Bertz CT molecular complexity index is 231. The van der Waals surface area contributed by atoms with Gasteiger partial charge in [0.1, 0.15) is 5.78 Å². The summed E-state index contributed by atoms with van der Waals surface area (Å²) in [5.41, 5.74) is 0. The van der Waals surface area contributed by atoms with Crippen molar-refractivity contribution in [1.82, 2.24) is 5.32 Å². The number of hydrogen-bond donors (Lipinski definition) is 1. The minimum Gasteiger partial charge on any atom is -0.355 e. The van der Waals surface area contributed by atoms with Crippen molar-refractivity contribution in [3.05, 3.63) is 0 Å². The molecule has 13 heavy (non-hydrogen) atoms. The molecule has 1 aliphatic heterocycles. The minimum absolute atomic E-state index is 0.0979. The normalized spacial score (nSPS) is 30.6. The van der Waals surface area contributed by atoms with Crippen molar-refractivity contribution in [2.75, 3.05) is 6.54 Å². The molecule has 0 spiro atoms. The van der Waals surface area contributed by atoms with Crippen LogP contribution >= 0.6 is 0 Å². The first-order chi connectivity index (χ1) is 6.27. The molecule has 0 bridgehead atoms. The van der Waals surface area contributed by atoms with Crippen LogP contribution in [0.3, 0.4) is 0 Å². The van der Waals surface area contributed by atoms with Gasteiger partial charge in [0, 0.05) is 12.5 Å². The lowest BCUT2D eigenvalue weighted by Gasteiger charge is -2.26. The third-order valence-electron chi connectivity index (χ3n) is 3.24. The highest BCUT2D eigenvalue weighted by atomic mass is 16.2. The van der Waals surface area contributed by atoms with Crippen molar-refractivity contribution in [3.63, 3.8) is 0 Å². The zero-order chi connectivity index (χ0) is 9.26. The molecule has 1 aliphatic carbocycles. The Kier molecular flexibility index (Phi) is 2.34. The second kappa shape index (κ2) is 3.48. The van der Waals surface area contributed by atoms with Gasteiger partial charge in [-0.05, 0) is 18.8 Å². The summed E-state index contributed by atoms with van der Waals surface area (Å²) in [6, 6.07) is 0. The maximum atomic E-state index is 11.5. The van der Waals surface area contributed by atoms with Gasteiger partial charge in [0.15, 0.2) is 0 Å². The van der Waals surface area contributed by atoms with Gasteiger partial charge < -0.3 is 5.32 Å². The van der Waals surface area contributed by atoms with Gasteiger partial charge in [0.25, 0.3) is 0 Å². The van der Waals surface area contributed by atoms with Gasteiger partial charge in [-0.3, -0.25) is 9.59 Å². The molecule has 1 atom stereocenters. The Morgan fingerprint density at radius 2 is 1.85 bits per heavy atom. The van der Waals surface area contributed by atoms with Crippen LogP contribution in [0.2, 0.25) is 0 Å². The van der Waals surface area contributed by atoms with E-state index in [-0.39, 0.29) is 24.0 Å². The van der Waals surface area contributed by atoms with Gasteiger partial charge in [-0.15, -0.1) is 0 Å². The lowest BCUT2D eigenvalue weighted by molar-refractivity contribution is -0.134. The summed E-state index contributed by atoms with van der Waals surface area (Å²) in [5, 5.41) is 2.78. The van der Waals surface area contributed by atoms with Crippen molar-refractivity contribution in [1.29, 1.82) is 0 Å². The van der Waals surface area contributed by atoms with Crippen molar-refractivity contribution in [2.45, 2.75) is 32.1 Å². The van der Waals surface area contributed by atoms with Crippen LogP contribution in [0.15, 0.2) is 0 Å². The first kappa shape index (κ1) is 8.73. The molecule has 0 aromatic heterocycles. The van der Waals surface area contributed by atoms with Crippen molar-refractivity contribution in [3.8, 4) is 0 Å². The van der Waals surface area contributed by atoms with E-state index in [0.717, 1.165) is 0 Å². The number of Topliss-reactive ketones (excluding diaryl/α,β-unsaturated/α-hetero) is 1. The molecule has 2 rings (SSSR count). The van der Waals surface area contributed by atoms with Gasteiger partial charge >= 0.3 is 0 Å². The first-order valence-electron chi connectivity index (χ1n) is 5.07. The van der Waals surface area contributed by atoms with Crippen LogP contribution in [-0.4, -0.2) is 18.2 Å². The number of amides is 1. The van der Waals surface area contributed by atoms with E-state index in [2.05, 4.69) is 5.32 Å². The van der Waals surface area contributed by atoms with Gasteiger partial charge in [-0.2, -0.15) is 0 Å². The molecule has 0 aromatic carbocycles. The van der Waals surface area contributed by atoms with Crippen LogP contribution in [0.4, 0.5) is 0 Å². The lowest BCUT2D eigenvalue weighted by atomic mass is 9.84. The monoisotopic (exact) mass is 181 g/mol.